The molecule has 0 bridgehead atoms. The highest BCUT2D eigenvalue weighted by molar-refractivity contribution is 5.82. The summed E-state index contributed by atoms with van der Waals surface area (Å²) in [7, 11) is 1.57. The summed E-state index contributed by atoms with van der Waals surface area (Å²) in [6, 6.07) is 0. The van der Waals surface area contributed by atoms with Crippen LogP contribution in [0.15, 0.2) is 0 Å². The van der Waals surface area contributed by atoms with Crippen LogP contribution in [0.5, 0.6) is 0 Å². The minimum absolute atomic E-state index is 0.187. The van der Waals surface area contributed by atoms with Crippen molar-refractivity contribution in [3.8, 4) is 0 Å². The Morgan fingerprint density at radius 1 is 1.50 bits per heavy atom. The second-order valence-corrected chi connectivity index (χ2v) is 3.99. The Morgan fingerprint density at radius 3 is 2.69 bits per heavy atom. The maximum absolute atomic E-state index is 10.8. The van der Waals surface area contributed by atoms with Gasteiger partial charge in [0.1, 0.15) is 5.54 Å². The van der Waals surface area contributed by atoms with Crippen LogP contribution in [0.1, 0.15) is 12.8 Å². The van der Waals surface area contributed by atoms with Gasteiger partial charge in [-0.05, 0) is 12.8 Å². The Kier molecular flexibility index (Phi) is 5.14. The fraction of sp³-hybridized carbons (Fsp3) is 0.900. The number of β-amino-alcohol motifs (C(OH)–C–C–N with tert-alkyl or cyclic N) is 1. The lowest BCUT2D eigenvalue weighted by atomic mass is 10.2. The second-order valence-electron chi connectivity index (χ2n) is 3.99. The van der Waals surface area contributed by atoms with Gasteiger partial charge in [0.05, 0.1) is 25.9 Å². The van der Waals surface area contributed by atoms with E-state index in [1.165, 1.54) is 0 Å². The summed E-state index contributed by atoms with van der Waals surface area (Å²) in [5.74, 6) is -0.847. The summed E-state index contributed by atoms with van der Waals surface area (Å²) in [5.41, 5.74) is -0.798. The molecule has 0 aromatic rings. The third kappa shape index (κ3) is 4.05. The first-order valence-electron chi connectivity index (χ1n) is 5.34. The lowest BCUT2D eigenvalue weighted by Crippen LogP contribution is -2.44. The molecule has 94 valence electrons. The number of methoxy groups -OCH3 is 1. The van der Waals surface area contributed by atoms with E-state index < -0.39 is 17.6 Å². The predicted octanol–water partition coefficient (Wildman–Crippen LogP) is -0.783. The molecule has 0 amide bonds. The van der Waals surface area contributed by atoms with E-state index in [1.807, 2.05) is 0 Å². The molecule has 0 saturated heterocycles. The average Bonchev–Trinajstić information content (AvgIpc) is 3.03. The Balaban J connectivity index is 2.06. The standard InChI is InChI=1S/C10H19NO5/c1-15-4-5-16-7-8(12)6-11-10(2-3-10)9(13)14/h8,11-12H,2-7H2,1H3,(H,13,14). The molecule has 6 nitrogen and oxygen atoms in total. The van der Waals surface area contributed by atoms with Crippen LogP contribution in [-0.2, 0) is 14.3 Å². The van der Waals surface area contributed by atoms with Crippen LogP contribution in [-0.4, -0.2) is 61.3 Å². The lowest BCUT2D eigenvalue weighted by molar-refractivity contribution is -0.140. The quantitative estimate of drug-likeness (QED) is 0.453. The van der Waals surface area contributed by atoms with Gasteiger partial charge in [-0.15, -0.1) is 0 Å². The number of nitrogens with one attached hydrogen (secondary N) is 1. The number of aliphatic hydroxyl groups excluding tert-OH is 1. The van der Waals surface area contributed by atoms with E-state index in [0.29, 0.717) is 26.1 Å². The van der Waals surface area contributed by atoms with Crippen molar-refractivity contribution in [3.63, 3.8) is 0 Å². The van der Waals surface area contributed by atoms with Crippen molar-refractivity contribution in [2.45, 2.75) is 24.5 Å². The Bertz CT molecular complexity index is 229. The van der Waals surface area contributed by atoms with Crippen molar-refractivity contribution < 1.29 is 24.5 Å². The molecule has 0 aliphatic heterocycles. The number of ether oxygens (including phenoxy) is 2. The molecule has 1 rings (SSSR count). The number of carboxylic acids is 1. The zero-order valence-corrected chi connectivity index (χ0v) is 9.44. The van der Waals surface area contributed by atoms with E-state index in [2.05, 4.69) is 5.32 Å². The van der Waals surface area contributed by atoms with Crippen LogP contribution in [0, 0.1) is 0 Å². The number of carbonyl (C=O) groups is 1. The van der Waals surface area contributed by atoms with Crippen molar-refractivity contribution in [3.05, 3.63) is 0 Å². The van der Waals surface area contributed by atoms with Gasteiger partial charge in [0.15, 0.2) is 0 Å². The molecule has 0 aromatic heterocycles. The molecular formula is C10H19NO5. The van der Waals surface area contributed by atoms with E-state index in [0.717, 1.165) is 0 Å². The first-order chi connectivity index (χ1) is 7.60. The third-order valence-electron chi connectivity index (χ3n) is 2.58. The SMILES string of the molecule is COCCOCC(O)CNC1(C(=O)O)CC1. The summed E-state index contributed by atoms with van der Waals surface area (Å²) in [6.07, 6.45) is 0.563. The zero-order chi connectivity index (χ0) is 12.0. The fourth-order valence-electron chi connectivity index (χ4n) is 1.32. The highest BCUT2D eigenvalue weighted by Gasteiger charge is 2.50. The van der Waals surface area contributed by atoms with Crippen molar-refractivity contribution >= 4 is 5.97 Å². The first kappa shape index (κ1) is 13.4. The van der Waals surface area contributed by atoms with Gasteiger partial charge in [-0.1, -0.05) is 0 Å². The molecule has 1 aliphatic carbocycles. The maximum atomic E-state index is 10.8. The Hall–Kier alpha value is -0.690. The monoisotopic (exact) mass is 233 g/mol. The van der Waals surface area contributed by atoms with Gasteiger partial charge in [0.2, 0.25) is 0 Å². The van der Waals surface area contributed by atoms with Gasteiger partial charge in [-0.2, -0.15) is 0 Å². The molecule has 1 aliphatic rings. The summed E-state index contributed by atoms with van der Waals surface area (Å²) in [6.45, 7) is 1.34. The van der Waals surface area contributed by atoms with Crippen LogP contribution in [0.4, 0.5) is 0 Å². The van der Waals surface area contributed by atoms with Crippen LogP contribution < -0.4 is 5.32 Å². The van der Waals surface area contributed by atoms with Crippen molar-refractivity contribution in [2.24, 2.45) is 0 Å². The molecule has 1 saturated carbocycles. The Morgan fingerprint density at radius 2 is 2.19 bits per heavy atom. The molecule has 1 unspecified atom stereocenters. The third-order valence-corrected chi connectivity index (χ3v) is 2.58. The predicted molar refractivity (Wildman–Crippen MR) is 56.3 cm³/mol. The zero-order valence-electron chi connectivity index (χ0n) is 9.44. The summed E-state index contributed by atoms with van der Waals surface area (Å²) >= 11 is 0. The van der Waals surface area contributed by atoms with E-state index in [-0.39, 0.29) is 13.2 Å². The largest absolute Gasteiger partial charge is 0.480 e. The fourth-order valence-corrected chi connectivity index (χ4v) is 1.32. The summed E-state index contributed by atoms with van der Waals surface area (Å²) in [5, 5.41) is 21.2. The molecule has 0 heterocycles. The minimum Gasteiger partial charge on any atom is -0.480 e. The van der Waals surface area contributed by atoms with Gasteiger partial charge in [-0.3, -0.25) is 10.1 Å². The molecule has 16 heavy (non-hydrogen) atoms. The lowest BCUT2D eigenvalue weighted by Gasteiger charge is -2.16. The molecule has 0 spiro atoms. The smallest absolute Gasteiger partial charge is 0.323 e. The molecule has 6 heteroatoms. The summed E-state index contributed by atoms with van der Waals surface area (Å²) in [4.78, 5) is 10.8. The van der Waals surface area contributed by atoms with Gasteiger partial charge in [0.25, 0.3) is 0 Å². The summed E-state index contributed by atoms with van der Waals surface area (Å²) < 4.78 is 9.90. The Labute approximate surface area is 94.5 Å². The van der Waals surface area contributed by atoms with E-state index >= 15 is 0 Å². The number of carboxylic acid groups (broad SMARTS) is 1. The molecule has 0 radical (unpaired) electrons. The van der Waals surface area contributed by atoms with E-state index in [4.69, 9.17) is 14.6 Å². The van der Waals surface area contributed by atoms with Crippen molar-refractivity contribution in [1.82, 2.24) is 5.32 Å². The number of aliphatic carboxylic acids is 1. The molecule has 3 N–H and O–H groups in total. The van der Waals surface area contributed by atoms with E-state index in [1.54, 1.807) is 7.11 Å². The molecule has 0 aromatic carbocycles. The van der Waals surface area contributed by atoms with Crippen LogP contribution in [0.3, 0.4) is 0 Å². The van der Waals surface area contributed by atoms with Crippen LogP contribution in [0.2, 0.25) is 0 Å². The van der Waals surface area contributed by atoms with Gasteiger partial charge < -0.3 is 19.7 Å². The maximum Gasteiger partial charge on any atom is 0.323 e. The van der Waals surface area contributed by atoms with E-state index in [9.17, 15) is 9.90 Å². The van der Waals surface area contributed by atoms with Crippen LogP contribution in [0.25, 0.3) is 0 Å². The number of hydrogen-bond acceptors (Lipinski definition) is 5. The molecule has 1 atom stereocenters. The van der Waals surface area contributed by atoms with Gasteiger partial charge >= 0.3 is 5.97 Å². The minimum atomic E-state index is -0.847. The number of hydrogen-bond donors (Lipinski definition) is 3. The van der Waals surface area contributed by atoms with Crippen molar-refractivity contribution in [2.75, 3.05) is 33.5 Å². The van der Waals surface area contributed by atoms with Crippen LogP contribution >= 0.6 is 0 Å². The number of rotatable bonds is 9. The topological polar surface area (TPSA) is 88.0 Å². The molecular weight excluding hydrogens is 214 g/mol. The second kappa shape index (κ2) is 6.15. The van der Waals surface area contributed by atoms with Gasteiger partial charge in [-0.25, -0.2) is 0 Å². The number of aliphatic hydroxyl groups is 1. The van der Waals surface area contributed by atoms with Gasteiger partial charge in [0, 0.05) is 13.7 Å². The normalized spacial score (nSPS) is 19.4. The highest BCUT2D eigenvalue weighted by Crippen LogP contribution is 2.35. The first-order valence-corrected chi connectivity index (χ1v) is 5.34. The highest BCUT2D eigenvalue weighted by atomic mass is 16.5. The molecule has 1 fully saturated rings. The average molecular weight is 233 g/mol. The van der Waals surface area contributed by atoms with Crippen molar-refractivity contribution in [1.29, 1.82) is 0 Å².